The molecular formula is C10H12N2O5. The largest absolute Gasteiger partial charge is 0.479 e. The lowest BCUT2D eigenvalue weighted by atomic mass is 10.1. The van der Waals surface area contributed by atoms with Crippen molar-refractivity contribution in [3.05, 3.63) is 39.9 Å². The Hall–Kier alpha value is -1.99. The molecule has 0 saturated carbocycles. The first kappa shape index (κ1) is 13.1. The number of hydrogen-bond donors (Lipinski definition) is 2. The lowest BCUT2D eigenvalue weighted by Gasteiger charge is -2.12. The van der Waals surface area contributed by atoms with E-state index >= 15 is 0 Å². The quantitative estimate of drug-likeness (QED) is 0.558. The van der Waals surface area contributed by atoms with Gasteiger partial charge in [0.25, 0.3) is 5.69 Å². The second-order valence-electron chi connectivity index (χ2n) is 3.23. The third-order valence-electron chi connectivity index (χ3n) is 2.03. The minimum atomic E-state index is -1.16. The highest BCUT2D eigenvalue weighted by Gasteiger charge is 2.20. The standard InChI is InChI=1S/C10H12N2O5/c11-5-6-17-9(10(13)14)7-1-3-8(4-2-7)12(15)16/h1-4,9H,5-6,11H2,(H,13,14). The first-order valence-corrected chi connectivity index (χ1v) is 4.85. The van der Waals surface area contributed by atoms with Crippen LogP contribution in [0, 0.1) is 10.1 Å². The Morgan fingerprint density at radius 1 is 1.47 bits per heavy atom. The predicted octanol–water partition coefficient (Wildman–Crippen LogP) is 0.696. The number of ether oxygens (including phenoxy) is 1. The molecule has 7 heteroatoms. The lowest BCUT2D eigenvalue weighted by Crippen LogP contribution is -2.19. The van der Waals surface area contributed by atoms with Crippen LogP contribution in [0.4, 0.5) is 5.69 Å². The van der Waals surface area contributed by atoms with Crippen molar-refractivity contribution in [2.45, 2.75) is 6.10 Å². The minimum Gasteiger partial charge on any atom is -0.479 e. The highest BCUT2D eigenvalue weighted by atomic mass is 16.6. The van der Waals surface area contributed by atoms with Crippen molar-refractivity contribution in [3.8, 4) is 0 Å². The molecule has 1 rings (SSSR count). The number of aliphatic carboxylic acids is 1. The van der Waals surface area contributed by atoms with E-state index < -0.39 is 17.0 Å². The van der Waals surface area contributed by atoms with E-state index in [1.165, 1.54) is 24.3 Å². The molecule has 1 aromatic rings. The van der Waals surface area contributed by atoms with Gasteiger partial charge in [-0.25, -0.2) is 4.79 Å². The monoisotopic (exact) mass is 240 g/mol. The first-order chi connectivity index (χ1) is 8.06. The van der Waals surface area contributed by atoms with Crippen LogP contribution in [0.2, 0.25) is 0 Å². The van der Waals surface area contributed by atoms with E-state index in [-0.39, 0.29) is 18.8 Å². The molecule has 0 heterocycles. The normalized spacial score (nSPS) is 12.1. The van der Waals surface area contributed by atoms with Crippen molar-refractivity contribution < 1.29 is 19.6 Å². The van der Waals surface area contributed by atoms with E-state index in [2.05, 4.69) is 0 Å². The summed E-state index contributed by atoms with van der Waals surface area (Å²) in [6.45, 7) is 0.310. The number of carboxylic acids is 1. The number of nitrogens with zero attached hydrogens (tertiary/aromatic N) is 1. The van der Waals surface area contributed by atoms with Gasteiger partial charge in [-0.05, 0) is 17.7 Å². The van der Waals surface area contributed by atoms with Crippen molar-refractivity contribution in [2.75, 3.05) is 13.2 Å². The average Bonchev–Trinajstić information content (AvgIpc) is 2.29. The third kappa shape index (κ3) is 3.51. The van der Waals surface area contributed by atoms with Crippen LogP contribution in [-0.2, 0) is 9.53 Å². The molecule has 1 atom stereocenters. The molecule has 7 nitrogen and oxygen atoms in total. The van der Waals surface area contributed by atoms with E-state index in [1.54, 1.807) is 0 Å². The van der Waals surface area contributed by atoms with Crippen LogP contribution in [0.3, 0.4) is 0 Å². The number of nitrogens with two attached hydrogens (primary N) is 1. The summed E-state index contributed by atoms with van der Waals surface area (Å²) in [5, 5.41) is 19.4. The van der Waals surface area contributed by atoms with Crippen LogP contribution in [0.5, 0.6) is 0 Å². The number of carbonyl (C=O) groups is 1. The van der Waals surface area contributed by atoms with Crippen molar-refractivity contribution in [3.63, 3.8) is 0 Å². The average molecular weight is 240 g/mol. The SMILES string of the molecule is NCCOC(C(=O)O)c1ccc([N+](=O)[O-])cc1. The highest BCUT2D eigenvalue weighted by Crippen LogP contribution is 2.20. The van der Waals surface area contributed by atoms with E-state index in [0.29, 0.717) is 5.56 Å². The summed E-state index contributed by atoms with van der Waals surface area (Å²) in [6.07, 6.45) is -1.15. The van der Waals surface area contributed by atoms with E-state index in [4.69, 9.17) is 15.6 Å². The van der Waals surface area contributed by atoms with Crippen molar-refractivity contribution >= 4 is 11.7 Å². The van der Waals surface area contributed by atoms with Crippen molar-refractivity contribution in [2.24, 2.45) is 5.73 Å². The number of benzene rings is 1. The molecule has 0 aromatic heterocycles. The van der Waals surface area contributed by atoms with Crippen LogP contribution in [0.15, 0.2) is 24.3 Å². The second kappa shape index (κ2) is 5.92. The molecule has 0 aliphatic heterocycles. The van der Waals surface area contributed by atoms with Crippen LogP contribution >= 0.6 is 0 Å². The zero-order chi connectivity index (χ0) is 12.8. The maximum atomic E-state index is 10.9. The summed E-state index contributed by atoms with van der Waals surface area (Å²) in [6, 6.07) is 5.18. The molecule has 0 spiro atoms. The van der Waals surface area contributed by atoms with Crippen LogP contribution in [0.25, 0.3) is 0 Å². The van der Waals surface area contributed by atoms with Crippen LogP contribution in [0.1, 0.15) is 11.7 Å². The topological polar surface area (TPSA) is 116 Å². The Labute approximate surface area is 97.0 Å². The Balaban J connectivity index is 2.87. The number of nitro benzene ring substituents is 1. The molecule has 0 aliphatic carbocycles. The van der Waals surface area contributed by atoms with Gasteiger partial charge in [0.05, 0.1) is 11.5 Å². The van der Waals surface area contributed by atoms with Gasteiger partial charge in [0.1, 0.15) is 0 Å². The molecule has 1 aromatic carbocycles. The minimum absolute atomic E-state index is 0.100. The van der Waals surface area contributed by atoms with Crippen LogP contribution < -0.4 is 5.73 Å². The van der Waals surface area contributed by atoms with Gasteiger partial charge in [0.15, 0.2) is 6.10 Å². The fourth-order valence-corrected chi connectivity index (χ4v) is 1.27. The summed E-state index contributed by atoms with van der Waals surface area (Å²) < 4.78 is 5.04. The summed E-state index contributed by atoms with van der Waals surface area (Å²) in [5.41, 5.74) is 5.46. The molecule has 3 N–H and O–H groups in total. The molecule has 0 saturated heterocycles. The van der Waals surface area contributed by atoms with Gasteiger partial charge in [-0.2, -0.15) is 0 Å². The fraction of sp³-hybridized carbons (Fsp3) is 0.300. The van der Waals surface area contributed by atoms with E-state index in [0.717, 1.165) is 0 Å². The number of non-ortho nitro benzene ring substituents is 1. The Kier molecular flexibility index (Phi) is 4.56. The molecule has 17 heavy (non-hydrogen) atoms. The fourth-order valence-electron chi connectivity index (χ4n) is 1.27. The predicted molar refractivity (Wildman–Crippen MR) is 58.5 cm³/mol. The van der Waals surface area contributed by atoms with Crippen LogP contribution in [-0.4, -0.2) is 29.2 Å². The third-order valence-corrected chi connectivity index (χ3v) is 2.03. The van der Waals surface area contributed by atoms with Gasteiger partial charge in [-0.15, -0.1) is 0 Å². The van der Waals surface area contributed by atoms with Gasteiger partial charge >= 0.3 is 5.97 Å². The number of hydrogen-bond acceptors (Lipinski definition) is 5. The van der Waals surface area contributed by atoms with E-state index in [9.17, 15) is 14.9 Å². The zero-order valence-corrected chi connectivity index (χ0v) is 8.91. The number of rotatable bonds is 6. The van der Waals surface area contributed by atoms with Gasteiger partial charge in [-0.3, -0.25) is 10.1 Å². The van der Waals surface area contributed by atoms with Crippen molar-refractivity contribution in [1.82, 2.24) is 0 Å². The highest BCUT2D eigenvalue weighted by molar-refractivity contribution is 5.74. The summed E-state index contributed by atoms with van der Waals surface area (Å²) in [4.78, 5) is 20.8. The summed E-state index contributed by atoms with van der Waals surface area (Å²) >= 11 is 0. The summed E-state index contributed by atoms with van der Waals surface area (Å²) in [7, 11) is 0. The molecule has 0 aliphatic rings. The molecular weight excluding hydrogens is 228 g/mol. The molecule has 0 fully saturated rings. The Morgan fingerprint density at radius 3 is 2.47 bits per heavy atom. The maximum absolute atomic E-state index is 10.9. The van der Waals surface area contributed by atoms with Gasteiger partial charge in [0.2, 0.25) is 0 Å². The Bertz CT molecular complexity index is 404. The maximum Gasteiger partial charge on any atom is 0.337 e. The first-order valence-electron chi connectivity index (χ1n) is 4.85. The molecule has 0 amide bonds. The van der Waals surface area contributed by atoms with Gasteiger partial charge < -0.3 is 15.6 Å². The van der Waals surface area contributed by atoms with Gasteiger partial charge in [0, 0.05) is 18.7 Å². The molecule has 0 radical (unpaired) electrons. The number of carboxylic acid groups (broad SMARTS) is 1. The summed E-state index contributed by atoms with van der Waals surface area (Å²) in [5.74, 6) is -1.16. The smallest absolute Gasteiger partial charge is 0.337 e. The lowest BCUT2D eigenvalue weighted by molar-refractivity contribution is -0.384. The Morgan fingerprint density at radius 2 is 2.06 bits per heavy atom. The zero-order valence-electron chi connectivity index (χ0n) is 8.91. The van der Waals surface area contributed by atoms with Gasteiger partial charge in [-0.1, -0.05) is 0 Å². The van der Waals surface area contributed by atoms with E-state index in [1.807, 2.05) is 0 Å². The molecule has 92 valence electrons. The molecule has 1 unspecified atom stereocenters. The van der Waals surface area contributed by atoms with Crippen molar-refractivity contribution in [1.29, 1.82) is 0 Å². The second-order valence-corrected chi connectivity index (χ2v) is 3.23. The molecule has 0 bridgehead atoms. The number of nitro groups is 1.